The lowest BCUT2D eigenvalue weighted by molar-refractivity contribution is -0.142. The summed E-state index contributed by atoms with van der Waals surface area (Å²) in [5.41, 5.74) is 7.73. The summed E-state index contributed by atoms with van der Waals surface area (Å²) in [4.78, 5) is 40.2. The number of carbonyl (C=O) groups is 3. The SMILES string of the molecule is NC(CO)C(=O)NC(Cc1ccc(O)cc1)C(=O)NC(Cc1c[nH]c2ccccc12)C(=O)O. The van der Waals surface area contributed by atoms with E-state index in [9.17, 15) is 24.6 Å². The van der Waals surface area contributed by atoms with Crippen molar-refractivity contribution >= 4 is 28.7 Å². The molecule has 3 rings (SSSR count). The number of phenols is 1. The number of aliphatic hydroxyl groups excluding tert-OH is 1. The van der Waals surface area contributed by atoms with Crippen molar-refractivity contribution in [3.63, 3.8) is 0 Å². The molecule has 0 radical (unpaired) electrons. The van der Waals surface area contributed by atoms with E-state index >= 15 is 0 Å². The molecular formula is C23H26N4O6. The van der Waals surface area contributed by atoms with Crippen molar-refractivity contribution in [2.75, 3.05) is 6.61 Å². The van der Waals surface area contributed by atoms with Crippen molar-refractivity contribution in [3.8, 4) is 5.75 Å². The molecule has 0 fully saturated rings. The first-order chi connectivity index (χ1) is 15.8. The summed E-state index contributed by atoms with van der Waals surface area (Å²) >= 11 is 0. The first-order valence-corrected chi connectivity index (χ1v) is 10.3. The molecule has 1 heterocycles. The predicted octanol–water partition coefficient (Wildman–Crippen LogP) is 0.0325. The Hall–Kier alpha value is -3.89. The zero-order chi connectivity index (χ0) is 24.0. The fourth-order valence-electron chi connectivity index (χ4n) is 3.43. The van der Waals surface area contributed by atoms with Gasteiger partial charge in [-0.2, -0.15) is 0 Å². The van der Waals surface area contributed by atoms with Crippen LogP contribution in [0.15, 0.2) is 54.7 Å². The number of nitrogens with two attached hydrogens (primary N) is 1. The molecule has 2 amide bonds. The Morgan fingerprint density at radius 2 is 1.61 bits per heavy atom. The number of benzene rings is 2. The molecule has 0 saturated carbocycles. The maximum absolute atomic E-state index is 13.0. The number of H-pyrrole nitrogens is 1. The van der Waals surface area contributed by atoms with Crippen LogP contribution in [0.1, 0.15) is 11.1 Å². The lowest BCUT2D eigenvalue weighted by atomic mass is 10.0. The molecular weight excluding hydrogens is 428 g/mol. The maximum Gasteiger partial charge on any atom is 0.326 e. The van der Waals surface area contributed by atoms with E-state index in [0.717, 1.165) is 16.5 Å². The lowest BCUT2D eigenvalue weighted by Gasteiger charge is -2.23. The van der Waals surface area contributed by atoms with E-state index in [1.54, 1.807) is 18.3 Å². The number of carboxylic acids is 1. The molecule has 0 aliphatic rings. The van der Waals surface area contributed by atoms with Crippen LogP contribution >= 0.6 is 0 Å². The third-order valence-corrected chi connectivity index (χ3v) is 5.26. The van der Waals surface area contributed by atoms with Gasteiger partial charge in [0.15, 0.2) is 0 Å². The Morgan fingerprint density at radius 3 is 2.27 bits per heavy atom. The minimum absolute atomic E-state index is 0.0232. The van der Waals surface area contributed by atoms with Gasteiger partial charge in [-0.15, -0.1) is 0 Å². The number of aromatic amines is 1. The highest BCUT2D eigenvalue weighted by Gasteiger charge is 2.28. The van der Waals surface area contributed by atoms with Crippen LogP contribution in [0.2, 0.25) is 0 Å². The van der Waals surface area contributed by atoms with E-state index < -0.39 is 42.5 Å². The molecule has 8 N–H and O–H groups in total. The van der Waals surface area contributed by atoms with Crippen molar-refractivity contribution in [2.45, 2.75) is 31.0 Å². The van der Waals surface area contributed by atoms with Crippen molar-refractivity contribution in [1.29, 1.82) is 0 Å². The van der Waals surface area contributed by atoms with Crippen LogP contribution in [0.5, 0.6) is 5.75 Å². The number of aliphatic carboxylic acids is 1. The van der Waals surface area contributed by atoms with Gasteiger partial charge >= 0.3 is 5.97 Å². The third-order valence-electron chi connectivity index (χ3n) is 5.26. The van der Waals surface area contributed by atoms with Crippen LogP contribution in [-0.4, -0.2) is 62.8 Å². The van der Waals surface area contributed by atoms with Gasteiger partial charge in [-0.1, -0.05) is 30.3 Å². The molecule has 0 aliphatic carbocycles. The molecule has 3 aromatic rings. The van der Waals surface area contributed by atoms with E-state index in [2.05, 4.69) is 15.6 Å². The largest absolute Gasteiger partial charge is 0.508 e. The first kappa shape index (κ1) is 23.8. The summed E-state index contributed by atoms with van der Waals surface area (Å²) in [5, 5.41) is 34.1. The summed E-state index contributed by atoms with van der Waals surface area (Å²) in [6, 6.07) is 9.79. The fraction of sp³-hybridized carbons (Fsp3) is 0.261. The summed E-state index contributed by atoms with van der Waals surface area (Å²) in [6.07, 6.45) is 1.75. The van der Waals surface area contributed by atoms with Crippen LogP contribution in [0, 0.1) is 0 Å². The van der Waals surface area contributed by atoms with Gasteiger partial charge in [-0.05, 0) is 29.3 Å². The second kappa shape index (κ2) is 10.6. The average molecular weight is 454 g/mol. The van der Waals surface area contributed by atoms with Gasteiger partial charge in [0.1, 0.15) is 23.9 Å². The number of hydrogen-bond acceptors (Lipinski definition) is 6. The predicted molar refractivity (Wildman–Crippen MR) is 120 cm³/mol. The van der Waals surface area contributed by atoms with E-state index in [4.69, 9.17) is 10.8 Å². The number of amides is 2. The van der Waals surface area contributed by atoms with E-state index in [1.165, 1.54) is 12.1 Å². The highest BCUT2D eigenvalue weighted by Crippen LogP contribution is 2.19. The zero-order valence-corrected chi connectivity index (χ0v) is 17.7. The standard InChI is InChI=1S/C23H26N4O6/c24-17(12-28)21(30)26-19(9-13-5-7-15(29)8-6-13)22(31)27-20(23(32)33)10-14-11-25-18-4-2-1-3-16(14)18/h1-8,11,17,19-20,25,28-29H,9-10,12,24H2,(H,26,30)(H,27,31)(H,32,33). The number of para-hydroxylation sites is 1. The van der Waals surface area contributed by atoms with Crippen LogP contribution in [0.3, 0.4) is 0 Å². The van der Waals surface area contributed by atoms with Gasteiger partial charge in [-0.25, -0.2) is 4.79 Å². The number of nitrogens with one attached hydrogen (secondary N) is 3. The summed E-state index contributed by atoms with van der Waals surface area (Å²) in [6.45, 7) is -0.613. The topological polar surface area (TPSA) is 178 Å². The number of carboxylic acid groups (broad SMARTS) is 1. The average Bonchev–Trinajstić information content (AvgIpc) is 3.21. The molecule has 1 aromatic heterocycles. The molecule has 0 saturated heterocycles. The molecule has 174 valence electrons. The Balaban J connectivity index is 1.79. The highest BCUT2D eigenvalue weighted by atomic mass is 16.4. The van der Waals surface area contributed by atoms with Crippen LogP contribution in [0.25, 0.3) is 10.9 Å². The zero-order valence-electron chi connectivity index (χ0n) is 17.7. The Morgan fingerprint density at radius 1 is 0.939 bits per heavy atom. The van der Waals surface area contributed by atoms with Crippen molar-refractivity contribution in [3.05, 3.63) is 65.9 Å². The molecule has 0 spiro atoms. The van der Waals surface area contributed by atoms with Crippen LogP contribution < -0.4 is 16.4 Å². The second-order valence-corrected chi connectivity index (χ2v) is 7.68. The van der Waals surface area contributed by atoms with E-state index in [-0.39, 0.29) is 18.6 Å². The number of rotatable bonds is 10. The molecule has 3 unspecified atom stereocenters. The molecule has 10 nitrogen and oxygen atoms in total. The molecule has 2 aromatic carbocycles. The second-order valence-electron chi connectivity index (χ2n) is 7.68. The van der Waals surface area contributed by atoms with Crippen LogP contribution in [0.4, 0.5) is 0 Å². The minimum atomic E-state index is -1.25. The lowest BCUT2D eigenvalue weighted by Crippen LogP contribution is -2.56. The quantitative estimate of drug-likeness (QED) is 0.226. The van der Waals surface area contributed by atoms with Gasteiger partial charge < -0.3 is 36.7 Å². The van der Waals surface area contributed by atoms with Gasteiger partial charge in [-0.3, -0.25) is 9.59 Å². The van der Waals surface area contributed by atoms with Crippen molar-refractivity contribution in [2.24, 2.45) is 5.73 Å². The van der Waals surface area contributed by atoms with Crippen molar-refractivity contribution < 1.29 is 29.7 Å². The fourth-order valence-corrected chi connectivity index (χ4v) is 3.43. The van der Waals surface area contributed by atoms with E-state index in [0.29, 0.717) is 5.56 Å². The normalized spacial score (nSPS) is 13.8. The van der Waals surface area contributed by atoms with Gasteiger partial charge in [0.05, 0.1) is 6.61 Å². The number of hydrogen-bond donors (Lipinski definition) is 7. The highest BCUT2D eigenvalue weighted by molar-refractivity contribution is 5.92. The third kappa shape index (κ3) is 6.09. The molecule has 0 aliphatic heterocycles. The van der Waals surface area contributed by atoms with Gasteiger partial charge in [0, 0.05) is 29.9 Å². The summed E-state index contributed by atoms with van der Waals surface area (Å²) < 4.78 is 0. The van der Waals surface area contributed by atoms with Gasteiger partial charge in [0.2, 0.25) is 11.8 Å². The summed E-state index contributed by atoms with van der Waals surface area (Å²) in [5.74, 6) is -2.65. The monoisotopic (exact) mass is 454 g/mol. The Kier molecular flexibility index (Phi) is 7.65. The number of phenolic OH excluding ortho intramolecular Hbond substituents is 1. The Labute approximate surface area is 189 Å². The summed E-state index contributed by atoms with van der Waals surface area (Å²) in [7, 11) is 0. The molecule has 10 heteroatoms. The number of aliphatic hydroxyl groups is 1. The van der Waals surface area contributed by atoms with Crippen molar-refractivity contribution in [1.82, 2.24) is 15.6 Å². The smallest absolute Gasteiger partial charge is 0.326 e. The van der Waals surface area contributed by atoms with E-state index in [1.807, 2.05) is 24.3 Å². The number of fused-ring (bicyclic) bond motifs is 1. The first-order valence-electron chi connectivity index (χ1n) is 10.3. The molecule has 0 bridgehead atoms. The van der Waals surface area contributed by atoms with Gasteiger partial charge in [0.25, 0.3) is 0 Å². The number of aromatic nitrogens is 1. The minimum Gasteiger partial charge on any atom is -0.508 e. The number of aromatic hydroxyl groups is 1. The Bertz CT molecular complexity index is 1130. The maximum atomic E-state index is 13.0. The number of carbonyl (C=O) groups excluding carboxylic acids is 2. The molecule has 33 heavy (non-hydrogen) atoms. The van der Waals surface area contributed by atoms with Crippen LogP contribution in [-0.2, 0) is 27.2 Å². The molecule has 3 atom stereocenters.